The molecule has 1 heterocycles. The van der Waals surface area contributed by atoms with Gasteiger partial charge in [-0.2, -0.15) is 0 Å². The van der Waals surface area contributed by atoms with Crippen LogP contribution in [0.5, 0.6) is 0 Å². The molecule has 0 aliphatic heterocycles. The number of nitrogens with zero attached hydrogens (tertiary/aromatic N) is 1. The van der Waals surface area contributed by atoms with E-state index in [0.29, 0.717) is 11.3 Å². The number of pyridine rings is 1. The molecule has 0 saturated heterocycles. The van der Waals surface area contributed by atoms with Gasteiger partial charge in [0.15, 0.2) is 0 Å². The number of benzene rings is 1. The van der Waals surface area contributed by atoms with E-state index in [9.17, 15) is 14.4 Å². The van der Waals surface area contributed by atoms with Crippen LogP contribution in [0, 0.1) is 0 Å². The molecule has 1 aromatic carbocycles. The lowest BCUT2D eigenvalue weighted by Gasteiger charge is -2.10. The second-order valence-corrected chi connectivity index (χ2v) is 6.36. The van der Waals surface area contributed by atoms with Crippen molar-refractivity contribution >= 4 is 40.8 Å². The Labute approximate surface area is 154 Å². The van der Waals surface area contributed by atoms with Gasteiger partial charge in [-0.25, -0.2) is 4.79 Å². The second kappa shape index (κ2) is 8.18. The standard InChI is InChI=1S/C17H16Cl2N2O4/c1-10(2)25-17(24)11-3-5-13(6-4-11)20-15(22)9-21-8-12(18)7-14(19)16(21)23/h3-8,10H,9H2,1-2H3,(H,20,22). The summed E-state index contributed by atoms with van der Waals surface area (Å²) in [6.07, 6.45) is 1.12. The van der Waals surface area contributed by atoms with Crippen molar-refractivity contribution < 1.29 is 14.3 Å². The number of aromatic nitrogens is 1. The molecule has 2 rings (SSSR count). The number of hydrogen-bond donors (Lipinski definition) is 1. The van der Waals surface area contributed by atoms with Gasteiger partial charge in [-0.3, -0.25) is 9.59 Å². The SMILES string of the molecule is CC(C)OC(=O)c1ccc(NC(=O)Cn2cc(Cl)cc(Cl)c2=O)cc1. The van der Waals surface area contributed by atoms with E-state index in [1.54, 1.807) is 38.1 Å². The molecule has 0 atom stereocenters. The summed E-state index contributed by atoms with van der Waals surface area (Å²) >= 11 is 11.6. The molecule has 1 amide bonds. The van der Waals surface area contributed by atoms with Crippen LogP contribution in [0.15, 0.2) is 41.3 Å². The number of rotatable bonds is 5. The predicted molar refractivity (Wildman–Crippen MR) is 96.3 cm³/mol. The van der Waals surface area contributed by atoms with E-state index in [1.807, 2.05) is 0 Å². The monoisotopic (exact) mass is 382 g/mol. The Bertz CT molecular complexity index is 845. The van der Waals surface area contributed by atoms with E-state index < -0.39 is 17.4 Å². The first kappa shape index (κ1) is 19.0. The van der Waals surface area contributed by atoms with Crippen molar-refractivity contribution in [3.8, 4) is 0 Å². The van der Waals surface area contributed by atoms with Gasteiger partial charge in [-0.1, -0.05) is 23.2 Å². The third-order valence-corrected chi connectivity index (χ3v) is 3.55. The number of ether oxygens (including phenoxy) is 1. The number of anilines is 1. The van der Waals surface area contributed by atoms with E-state index in [1.165, 1.54) is 12.3 Å². The van der Waals surface area contributed by atoms with E-state index in [0.717, 1.165) is 4.57 Å². The summed E-state index contributed by atoms with van der Waals surface area (Å²) in [7, 11) is 0. The largest absolute Gasteiger partial charge is 0.459 e. The molecule has 0 aliphatic rings. The Balaban J connectivity index is 2.04. The smallest absolute Gasteiger partial charge is 0.338 e. The van der Waals surface area contributed by atoms with Crippen LogP contribution < -0.4 is 10.9 Å². The van der Waals surface area contributed by atoms with Gasteiger partial charge in [0, 0.05) is 11.9 Å². The highest BCUT2D eigenvalue weighted by Crippen LogP contribution is 2.13. The lowest BCUT2D eigenvalue weighted by atomic mass is 10.2. The number of halogens is 2. The minimum Gasteiger partial charge on any atom is -0.459 e. The van der Waals surface area contributed by atoms with Crippen LogP contribution in [0.3, 0.4) is 0 Å². The van der Waals surface area contributed by atoms with Crippen LogP contribution in [0.1, 0.15) is 24.2 Å². The predicted octanol–water partition coefficient (Wildman–Crippen LogP) is 3.36. The van der Waals surface area contributed by atoms with Crippen LogP contribution in [-0.2, 0) is 16.1 Å². The molecule has 2 aromatic rings. The zero-order valence-corrected chi connectivity index (χ0v) is 15.1. The molecule has 1 aromatic heterocycles. The molecule has 0 unspecified atom stereocenters. The Morgan fingerprint density at radius 2 is 1.84 bits per heavy atom. The van der Waals surface area contributed by atoms with Crippen molar-refractivity contribution in [2.75, 3.05) is 5.32 Å². The maximum atomic E-state index is 12.1. The number of amides is 1. The van der Waals surface area contributed by atoms with Gasteiger partial charge >= 0.3 is 5.97 Å². The zero-order chi connectivity index (χ0) is 18.6. The summed E-state index contributed by atoms with van der Waals surface area (Å²) in [5.41, 5.74) is 0.352. The summed E-state index contributed by atoms with van der Waals surface area (Å²) in [5, 5.41) is 2.82. The molecule has 1 N–H and O–H groups in total. The molecule has 0 saturated carbocycles. The molecule has 0 fully saturated rings. The first-order valence-electron chi connectivity index (χ1n) is 7.42. The number of hydrogen-bond acceptors (Lipinski definition) is 4. The molecular formula is C17H16Cl2N2O4. The summed E-state index contributed by atoms with van der Waals surface area (Å²) in [4.78, 5) is 35.7. The van der Waals surface area contributed by atoms with Crippen LogP contribution in [0.4, 0.5) is 5.69 Å². The van der Waals surface area contributed by atoms with Crippen molar-refractivity contribution in [3.05, 3.63) is 62.5 Å². The van der Waals surface area contributed by atoms with Gasteiger partial charge in [0.2, 0.25) is 5.91 Å². The van der Waals surface area contributed by atoms with Gasteiger partial charge in [-0.15, -0.1) is 0 Å². The Morgan fingerprint density at radius 3 is 2.44 bits per heavy atom. The van der Waals surface area contributed by atoms with Crippen LogP contribution in [0.25, 0.3) is 0 Å². The highest BCUT2D eigenvalue weighted by atomic mass is 35.5. The Hall–Kier alpha value is -2.31. The minimum atomic E-state index is -0.506. The highest BCUT2D eigenvalue weighted by Gasteiger charge is 2.11. The van der Waals surface area contributed by atoms with Crippen LogP contribution in [0.2, 0.25) is 10.0 Å². The third-order valence-electron chi connectivity index (χ3n) is 3.07. The number of nitrogens with one attached hydrogen (secondary N) is 1. The normalized spacial score (nSPS) is 10.6. The van der Waals surface area contributed by atoms with Gasteiger partial charge in [0.05, 0.1) is 16.7 Å². The highest BCUT2D eigenvalue weighted by molar-refractivity contribution is 6.34. The second-order valence-electron chi connectivity index (χ2n) is 5.52. The van der Waals surface area contributed by atoms with Crippen molar-refractivity contribution in [1.82, 2.24) is 4.57 Å². The molecular weight excluding hydrogens is 367 g/mol. The molecule has 132 valence electrons. The fourth-order valence-electron chi connectivity index (χ4n) is 2.01. The number of carbonyl (C=O) groups is 2. The molecule has 8 heteroatoms. The average molecular weight is 383 g/mol. The zero-order valence-electron chi connectivity index (χ0n) is 13.6. The van der Waals surface area contributed by atoms with E-state index in [4.69, 9.17) is 27.9 Å². The lowest BCUT2D eigenvalue weighted by molar-refractivity contribution is -0.116. The molecule has 6 nitrogen and oxygen atoms in total. The molecule has 25 heavy (non-hydrogen) atoms. The topological polar surface area (TPSA) is 77.4 Å². The van der Waals surface area contributed by atoms with E-state index >= 15 is 0 Å². The summed E-state index contributed by atoms with van der Waals surface area (Å²) in [5.74, 6) is -0.870. The third kappa shape index (κ3) is 5.34. The summed E-state index contributed by atoms with van der Waals surface area (Å²) in [6, 6.07) is 7.55. The van der Waals surface area contributed by atoms with Crippen LogP contribution in [-0.4, -0.2) is 22.5 Å². The number of esters is 1. The van der Waals surface area contributed by atoms with Crippen molar-refractivity contribution in [2.45, 2.75) is 26.5 Å². The Morgan fingerprint density at radius 1 is 1.20 bits per heavy atom. The maximum Gasteiger partial charge on any atom is 0.338 e. The van der Waals surface area contributed by atoms with Crippen LogP contribution >= 0.6 is 23.2 Å². The summed E-state index contributed by atoms with van der Waals surface area (Å²) in [6.45, 7) is 3.28. The van der Waals surface area contributed by atoms with Gasteiger partial charge < -0.3 is 14.6 Å². The molecule has 0 radical (unpaired) electrons. The fourth-order valence-corrected chi connectivity index (χ4v) is 2.52. The first-order valence-corrected chi connectivity index (χ1v) is 8.18. The van der Waals surface area contributed by atoms with Crippen molar-refractivity contribution in [1.29, 1.82) is 0 Å². The van der Waals surface area contributed by atoms with E-state index in [2.05, 4.69) is 5.32 Å². The first-order chi connectivity index (χ1) is 11.8. The molecule has 0 spiro atoms. The van der Waals surface area contributed by atoms with Crippen molar-refractivity contribution in [3.63, 3.8) is 0 Å². The van der Waals surface area contributed by atoms with Gasteiger partial charge in [0.25, 0.3) is 5.56 Å². The average Bonchev–Trinajstić information content (AvgIpc) is 2.52. The maximum absolute atomic E-state index is 12.1. The summed E-state index contributed by atoms with van der Waals surface area (Å²) < 4.78 is 6.20. The Kier molecular flexibility index (Phi) is 6.22. The lowest BCUT2D eigenvalue weighted by Crippen LogP contribution is -2.27. The minimum absolute atomic E-state index is 0.0617. The molecule has 0 bridgehead atoms. The van der Waals surface area contributed by atoms with Gasteiger partial charge in [0.1, 0.15) is 11.6 Å². The van der Waals surface area contributed by atoms with Gasteiger partial charge in [-0.05, 0) is 44.2 Å². The van der Waals surface area contributed by atoms with Crippen molar-refractivity contribution in [2.24, 2.45) is 0 Å². The number of carbonyl (C=O) groups excluding carboxylic acids is 2. The molecule has 0 aliphatic carbocycles. The van der Waals surface area contributed by atoms with E-state index in [-0.39, 0.29) is 22.7 Å². The fraction of sp³-hybridized carbons (Fsp3) is 0.235. The quantitative estimate of drug-likeness (QED) is 0.804.